The van der Waals surface area contributed by atoms with E-state index in [0.29, 0.717) is 0 Å². The second-order valence-electron chi connectivity index (χ2n) is 5.71. The fourth-order valence-electron chi connectivity index (χ4n) is 2.87. The molecule has 0 atom stereocenters. The third kappa shape index (κ3) is 3.48. The van der Waals surface area contributed by atoms with Crippen LogP contribution in [-0.4, -0.2) is 21.3 Å². The number of hydrogen-bond donors (Lipinski definition) is 0. The maximum atomic E-state index is 6.37. The maximum absolute atomic E-state index is 6.37. The highest BCUT2D eigenvalue weighted by molar-refractivity contribution is 8.25. The van der Waals surface area contributed by atoms with E-state index in [2.05, 4.69) is 18.2 Å². The summed E-state index contributed by atoms with van der Waals surface area (Å²) in [4.78, 5) is 0. The van der Waals surface area contributed by atoms with Crippen molar-refractivity contribution in [3.63, 3.8) is 0 Å². The third-order valence-corrected chi connectivity index (χ3v) is 9.16. The Morgan fingerprint density at radius 3 is 1.15 bits per heavy atom. The molecule has 5 heteroatoms. The smallest absolute Gasteiger partial charge is 0.119 e. The largest absolute Gasteiger partial charge is 0.497 e. The summed E-state index contributed by atoms with van der Waals surface area (Å²) in [5.74, 6) is 2.38. The van der Waals surface area contributed by atoms with E-state index in [1.165, 1.54) is 0 Å². The lowest BCUT2D eigenvalue weighted by Gasteiger charge is -2.25. The van der Waals surface area contributed by atoms with E-state index in [4.69, 9.17) is 26.0 Å². The fraction of sp³-hybridized carbons (Fsp3) is 0.143. The first kappa shape index (κ1) is 18.5. The van der Waals surface area contributed by atoms with Gasteiger partial charge in [0, 0.05) is 6.04 Å². The van der Waals surface area contributed by atoms with Crippen molar-refractivity contribution < 1.29 is 14.2 Å². The monoisotopic (exact) mass is 384 g/mol. The first-order chi connectivity index (χ1) is 12.6. The quantitative estimate of drug-likeness (QED) is 0.609. The van der Waals surface area contributed by atoms with Crippen molar-refractivity contribution in [2.45, 2.75) is 0 Å². The molecule has 0 aliphatic heterocycles. The van der Waals surface area contributed by atoms with Crippen LogP contribution in [0.1, 0.15) is 0 Å². The predicted octanol–water partition coefficient (Wildman–Crippen LogP) is 3.47. The summed E-state index contributed by atoms with van der Waals surface area (Å²) in [6, 6.07) is 21.7. The van der Waals surface area contributed by atoms with Gasteiger partial charge in [0.05, 0.1) is 21.3 Å². The molecule has 0 heterocycles. The van der Waals surface area contributed by atoms with Gasteiger partial charge in [-0.1, -0.05) is 48.2 Å². The van der Waals surface area contributed by atoms with Crippen LogP contribution in [0.2, 0.25) is 0 Å². The summed E-state index contributed by atoms with van der Waals surface area (Å²) < 4.78 is 16.3. The van der Waals surface area contributed by atoms with Crippen molar-refractivity contribution in [2.75, 3.05) is 21.3 Å². The molecule has 0 bridgehead atoms. The fourth-order valence-corrected chi connectivity index (χ4v) is 6.60. The topological polar surface area (TPSA) is 27.7 Å². The summed E-state index contributed by atoms with van der Waals surface area (Å²) in [7, 11) is 5.00. The molecule has 3 aromatic carbocycles. The molecule has 0 amide bonds. The minimum absolute atomic E-state index is 0.794. The Labute approximate surface area is 159 Å². The molecule has 0 aliphatic carbocycles. The van der Waals surface area contributed by atoms with E-state index >= 15 is 0 Å². The molecule has 3 nitrogen and oxygen atoms in total. The number of hydrogen-bond acceptors (Lipinski definition) is 4. The minimum Gasteiger partial charge on any atom is -0.497 e. The molecule has 134 valence electrons. The van der Waals surface area contributed by atoms with Gasteiger partial charge in [-0.15, -0.1) is 0 Å². The second-order valence-corrected chi connectivity index (χ2v) is 10.1. The Hall–Kier alpha value is -2.29. The predicted molar refractivity (Wildman–Crippen MR) is 112 cm³/mol. The number of methoxy groups -OCH3 is 3. The highest BCUT2D eigenvalue weighted by Gasteiger charge is 2.26. The molecule has 0 spiro atoms. The van der Waals surface area contributed by atoms with E-state index in [9.17, 15) is 0 Å². The maximum Gasteiger partial charge on any atom is 0.119 e. The zero-order chi connectivity index (χ0) is 18.6. The van der Waals surface area contributed by atoms with E-state index in [-0.39, 0.29) is 0 Å². The van der Waals surface area contributed by atoms with Crippen molar-refractivity contribution >= 4 is 33.8 Å². The lowest BCUT2D eigenvalue weighted by Crippen LogP contribution is -2.25. The summed E-state index contributed by atoms with van der Waals surface area (Å²) >= 11 is 6.37. The second kappa shape index (κ2) is 7.94. The molecule has 26 heavy (non-hydrogen) atoms. The van der Waals surface area contributed by atoms with Gasteiger partial charge >= 0.3 is 0 Å². The van der Waals surface area contributed by atoms with E-state index in [1.807, 2.05) is 54.6 Å². The molecule has 0 unspecified atom stereocenters. The summed E-state index contributed by atoms with van der Waals surface area (Å²) in [6.45, 7) is 0. The Bertz CT molecular complexity index is 833. The van der Waals surface area contributed by atoms with Crippen molar-refractivity contribution in [3.05, 3.63) is 72.8 Å². The minimum atomic E-state index is -2.30. The number of rotatable bonds is 6. The molecule has 0 fully saturated rings. The molecule has 0 saturated carbocycles. The van der Waals surface area contributed by atoms with Gasteiger partial charge in [0.1, 0.15) is 17.2 Å². The molecule has 3 rings (SSSR count). The van der Waals surface area contributed by atoms with Crippen molar-refractivity contribution in [3.8, 4) is 17.2 Å². The first-order valence-corrected chi connectivity index (χ1v) is 11.0. The number of benzene rings is 3. The molecular formula is C21H21O3PS. The van der Waals surface area contributed by atoms with Gasteiger partial charge < -0.3 is 14.2 Å². The van der Waals surface area contributed by atoms with Gasteiger partial charge in [0.2, 0.25) is 0 Å². The van der Waals surface area contributed by atoms with Crippen LogP contribution in [0, 0.1) is 0 Å². The van der Waals surface area contributed by atoms with Crippen molar-refractivity contribution in [1.29, 1.82) is 0 Å². The van der Waals surface area contributed by atoms with Gasteiger partial charge in [-0.2, -0.15) is 0 Å². The highest BCUT2D eigenvalue weighted by atomic mass is 32.4. The molecule has 0 aliphatic rings. The summed E-state index contributed by atoms with van der Waals surface area (Å²) in [6.07, 6.45) is 0. The molecule has 0 radical (unpaired) electrons. The Morgan fingerprint density at radius 2 is 0.885 bits per heavy atom. The van der Waals surface area contributed by atoms with Gasteiger partial charge in [0.15, 0.2) is 0 Å². The average Bonchev–Trinajstić information content (AvgIpc) is 2.73. The average molecular weight is 384 g/mol. The van der Waals surface area contributed by atoms with E-state index in [1.54, 1.807) is 21.3 Å². The van der Waals surface area contributed by atoms with Crippen LogP contribution < -0.4 is 30.1 Å². The molecule has 0 aromatic heterocycles. The number of ether oxygens (including phenoxy) is 3. The normalized spacial score (nSPS) is 11.0. The van der Waals surface area contributed by atoms with Crippen molar-refractivity contribution in [2.24, 2.45) is 0 Å². The lowest BCUT2D eigenvalue weighted by atomic mass is 10.3. The zero-order valence-corrected chi connectivity index (χ0v) is 16.7. The van der Waals surface area contributed by atoms with Crippen LogP contribution in [0.5, 0.6) is 17.2 Å². The van der Waals surface area contributed by atoms with Gasteiger partial charge in [-0.3, -0.25) is 0 Å². The van der Waals surface area contributed by atoms with Crippen LogP contribution in [0.3, 0.4) is 0 Å². The zero-order valence-electron chi connectivity index (χ0n) is 15.0. The molecule has 0 saturated heterocycles. The van der Waals surface area contributed by atoms with Crippen LogP contribution in [-0.2, 0) is 11.8 Å². The van der Waals surface area contributed by atoms with Crippen LogP contribution in [0.25, 0.3) is 0 Å². The Morgan fingerprint density at radius 1 is 0.577 bits per heavy atom. The molecule has 3 aromatic rings. The van der Waals surface area contributed by atoms with Gasteiger partial charge in [-0.25, -0.2) is 0 Å². The SMILES string of the molecule is COc1cccc(P(=S)(c2cccc(OC)c2)c2cccc(OC)c2)c1. The van der Waals surface area contributed by atoms with Gasteiger partial charge in [0.25, 0.3) is 0 Å². The Balaban J connectivity index is 2.28. The summed E-state index contributed by atoms with van der Waals surface area (Å²) in [5, 5.41) is 3.19. The van der Waals surface area contributed by atoms with Crippen LogP contribution in [0.4, 0.5) is 0 Å². The summed E-state index contributed by atoms with van der Waals surface area (Å²) in [5.41, 5.74) is 0. The highest BCUT2D eigenvalue weighted by Crippen LogP contribution is 2.44. The van der Waals surface area contributed by atoms with E-state index in [0.717, 1.165) is 33.2 Å². The third-order valence-electron chi connectivity index (χ3n) is 4.25. The van der Waals surface area contributed by atoms with Crippen LogP contribution in [0.15, 0.2) is 72.8 Å². The molecule has 0 N–H and O–H groups in total. The van der Waals surface area contributed by atoms with E-state index < -0.39 is 6.04 Å². The van der Waals surface area contributed by atoms with Gasteiger partial charge in [-0.05, 0) is 52.3 Å². The molecular weight excluding hydrogens is 363 g/mol. The van der Waals surface area contributed by atoms with Crippen molar-refractivity contribution in [1.82, 2.24) is 0 Å². The lowest BCUT2D eigenvalue weighted by molar-refractivity contribution is 0.415. The van der Waals surface area contributed by atoms with Crippen LogP contribution >= 0.6 is 6.04 Å². The standard InChI is InChI=1S/C21H21O3PS/c1-22-16-7-4-10-19(13-16)25(26,20-11-5-8-17(14-20)23-2)21-12-6-9-18(15-21)24-3/h4-15H,1-3H3. The Kier molecular flexibility index (Phi) is 5.65. The first-order valence-electron chi connectivity index (χ1n) is 8.15.